The SMILES string of the molecule is Cc1ccc(N2CCc3ncnc(NC(CN(C)C)c4ccccc4)c3C2)nc1. The average Bonchev–Trinajstić information content (AvgIpc) is 2.74. The number of fused-ring (bicyclic) bond motifs is 1. The summed E-state index contributed by atoms with van der Waals surface area (Å²) in [6, 6.07) is 14.9. The molecule has 4 rings (SSSR count). The molecule has 0 saturated carbocycles. The molecule has 0 bridgehead atoms. The van der Waals surface area contributed by atoms with E-state index in [1.807, 2.05) is 6.20 Å². The van der Waals surface area contributed by atoms with Crippen LogP contribution >= 0.6 is 0 Å². The second kappa shape index (κ2) is 8.57. The lowest BCUT2D eigenvalue weighted by atomic mass is 10.0. The molecule has 6 heteroatoms. The molecule has 0 amide bonds. The molecule has 1 unspecified atom stereocenters. The van der Waals surface area contributed by atoms with Crippen LogP contribution in [0.15, 0.2) is 55.0 Å². The quantitative estimate of drug-likeness (QED) is 0.698. The Labute approximate surface area is 172 Å². The Morgan fingerprint density at radius 1 is 1.07 bits per heavy atom. The number of benzene rings is 1. The lowest BCUT2D eigenvalue weighted by Gasteiger charge is -2.31. The minimum atomic E-state index is 0.151. The standard InChI is InChI=1S/C23H28N6/c1-17-9-10-22(24-13-17)29-12-11-20-19(14-29)23(26-16-25-20)27-21(15-28(2)3)18-7-5-4-6-8-18/h4-10,13,16,21H,11-12,14-15H2,1-3H3,(H,25,26,27). The minimum absolute atomic E-state index is 0.151. The van der Waals surface area contributed by atoms with Crippen LogP contribution in [0.2, 0.25) is 0 Å². The number of hydrogen-bond donors (Lipinski definition) is 1. The largest absolute Gasteiger partial charge is 0.362 e. The second-order valence-corrected chi connectivity index (χ2v) is 7.88. The number of likely N-dealkylation sites (N-methyl/N-ethyl adjacent to an activating group) is 1. The van der Waals surface area contributed by atoms with E-state index in [4.69, 9.17) is 0 Å². The summed E-state index contributed by atoms with van der Waals surface area (Å²) in [5.41, 5.74) is 4.72. The van der Waals surface area contributed by atoms with Crippen molar-refractivity contribution in [3.8, 4) is 0 Å². The maximum Gasteiger partial charge on any atom is 0.135 e. The van der Waals surface area contributed by atoms with E-state index in [2.05, 4.69) is 93.6 Å². The molecule has 150 valence electrons. The summed E-state index contributed by atoms with van der Waals surface area (Å²) in [4.78, 5) is 18.3. The molecular formula is C23H28N6. The molecule has 3 heterocycles. The number of aromatic nitrogens is 3. The maximum absolute atomic E-state index is 4.62. The van der Waals surface area contributed by atoms with Crippen LogP contribution < -0.4 is 10.2 Å². The number of aryl methyl sites for hydroxylation is 1. The van der Waals surface area contributed by atoms with Gasteiger partial charge in [0.2, 0.25) is 0 Å². The van der Waals surface area contributed by atoms with Gasteiger partial charge in [0, 0.05) is 37.8 Å². The van der Waals surface area contributed by atoms with Gasteiger partial charge in [-0.2, -0.15) is 0 Å². The van der Waals surface area contributed by atoms with Crippen molar-refractivity contribution in [3.05, 3.63) is 77.4 Å². The van der Waals surface area contributed by atoms with Crippen molar-refractivity contribution in [1.29, 1.82) is 0 Å². The molecule has 1 atom stereocenters. The van der Waals surface area contributed by atoms with E-state index in [1.54, 1.807) is 6.33 Å². The molecule has 0 saturated heterocycles. The molecule has 0 radical (unpaired) electrons. The molecule has 1 aromatic carbocycles. The van der Waals surface area contributed by atoms with E-state index in [-0.39, 0.29) is 6.04 Å². The number of nitrogens with one attached hydrogen (secondary N) is 1. The Hall–Kier alpha value is -2.99. The van der Waals surface area contributed by atoms with Gasteiger partial charge in [0.05, 0.1) is 11.7 Å². The van der Waals surface area contributed by atoms with Gasteiger partial charge in [0.25, 0.3) is 0 Å². The second-order valence-electron chi connectivity index (χ2n) is 7.88. The zero-order valence-corrected chi connectivity index (χ0v) is 17.3. The van der Waals surface area contributed by atoms with E-state index in [0.717, 1.165) is 43.4 Å². The molecule has 0 spiro atoms. The van der Waals surface area contributed by atoms with Crippen molar-refractivity contribution in [1.82, 2.24) is 19.9 Å². The van der Waals surface area contributed by atoms with Crippen LogP contribution in [0.25, 0.3) is 0 Å². The van der Waals surface area contributed by atoms with Crippen LogP contribution in [0, 0.1) is 6.92 Å². The normalized spacial score (nSPS) is 14.6. The molecule has 1 N–H and O–H groups in total. The first kappa shape index (κ1) is 19.3. The first-order valence-electron chi connectivity index (χ1n) is 10.1. The zero-order chi connectivity index (χ0) is 20.2. The summed E-state index contributed by atoms with van der Waals surface area (Å²) < 4.78 is 0. The highest BCUT2D eigenvalue weighted by Gasteiger charge is 2.24. The fourth-order valence-corrected chi connectivity index (χ4v) is 3.76. The van der Waals surface area contributed by atoms with Crippen LogP contribution in [0.4, 0.5) is 11.6 Å². The van der Waals surface area contributed by atoms with Crippen molar-refractivity contribution >= 4 is 11.6 Å². The summed E-state index contributed by atoms with van der Waals surface area (Å²) in [6.07, 6.45) is 4.50. The molecule has 2 aromatic heterocycles. The van der Waals surface area contributed by atoms with Crippen LogP contribution in [-0.2, 0) is 13.0 Å². The van der Waals surface area contributed by atoms with Crippen LogP contribution in [0.3, 0.4) is 0 Å². The molecule has 29 heavy (non-hydrogen) atoms. The number of pyridine rings is 1. The fraction of sp³-hybridized carbons (Fsp3) is 0.348. The van der Waals surface area contributed by atoms with E-state index < -0.39 is 0 Å². The monoisotopic (exact) mass is 388 g/mol. The van der Waals surface area contributed by atoms with Gasteiger partial charge in [-0.1, -0.05) is 36.4 Å². The zero-order valence-electron chi connectivity index (χ0n) is 17.3. The first-order valence-corrected chi connectivity index (χ1v) is 10.1. The van der Waals surface area contributed by atoms with Gasteiger partial charge >= 0.3 is 0 Å². The van der Waals surface area contributed by atoms with E-state index in [9.17, 15) is 0 Å². The van der Waals surface area contributed by atoms with Gasteiger partial charge < -0.3 is 15.1 Å². The average molecular weight is 389 g/mol. The van der Waals surface area contributed by atoms with E-state index in [1.165, 1.54) is 16.7 Å². The maximum atomic E-state index is 4.62. The van der Waals surface area contributed by atoms with Crippen molar-refractivity contribution in [2.75, 3.05) is 37.4 Å². The lowest BCUT2D eigenvalue weighted by molar-refractivity contribution is 0.386. The molecular weight excluding hydrogens is 360 g/mol. The number of nitrogens with zero attached hydrogens (tertiary/aromatic N) is 5. The van der Waals surface area contributed by atoms with Gasteiger partial charge in [-0.25, -0.2) is 15.0 Å². The molecule has 1 aliphatic heterocycles. The van der Waals surface area contributed by atoms with Gasteiger partial charge in [-0.05, 0) is 38.2 Å². The highest BCUT2D eigenvalue weighted by atomic mass is 15.2. The van der Waals surface area contributed by atoms with Crippen molar-refractivity contribution < 1.29 is 0 Å². The molecule has 0 aliphatic carbocycles. The number of hydrogen-bond acceptors (Lipinski definition) is 6. The Morgan fingerprint density at radius 3 is 2.62 bits per heavy atom. The lowest BCUT2D eigenvalue weighted by Crippen LogP contribution is -2.33. The number of rotatable bonds is 6. The van der Waals surface area contributed by atoms with Gasteiger partial charge in [0.1, 0.15) is 18.0 Å². The Bertz CT molecular complexity index is 939. The highest BCUT2D eigenvalue weighted by molar-refractivity contribution is 5.53. The van der Waals surface area contributed by atoms with Gasteiger partial charge in [-0.3, -0.25) is 0 Å². The molecule has 6 nitrogen and oxygen atoms in total. The van der Waals surface area contributed by atoms with Gasteiger partial charge in [0.15, 0.2) is 0 Å². The highest BCUT2D eigenvalue weighted by Crippen LogP contribution is 2.28. The predicted molar refractivity (Wildman–Crippen MR) is 117 cm³/mol. The fourth-order valence-electron chi connectivity index (χ4n) is 3.76. The third-order valence-corrected chi connectivity index (χ3v) is 5.28. The Balaban J connectivity index is 1.61. The van der Waals surface area contributed by atoms with E-state index >= 15 is 0 Å². The van der Waals surface area contributed by atoms with Crippen molar-refractivity contribution in [2.24, 2.45) is 0 Å². The molecule has 3 aromatic rings. The smallest absolute Gasteiger partial charge is 0.135 e. The first-order chi connectivity index (χ1) is 14.1. The van der Waals surface area contributed by atoms with Crippen LogP contribution in [0.5, 0.6) is 0 Å². The van der Waals surface area contributed by atoms with Crippen LogP contribution in [-0.4, -0.2) is 47.0 Å². The van der Waals surface area contributed by atoms with E-state index in [0.29, 0.717) is 0 Å². The summed E-state index contributed by atoms with van der Waals surface area (Å²) >= 11 is 0. The topological polar surface area (TPSA) is 57.2 Å². The predicted octanol–water partition coefficient (Wildman–Crippen LogP) is 3.46. The third-order valence-electron chi connectivity index (χ3n) is 5.28. The van der Waals surface area contributed by atoms with Crippen LogP contribution in [0.1, 0.15) is 28.4 Å². The summed E-state index contributed by atoms with van der Waals surface area (Å²) in [5.74, 6) is 1.92. The summed E-state index contributed by atoms with van der Waals surface area (Å²) in [6.45, 7) is 4.62. The number of anilines is 2. The Kier molecular flexibility index (Phi) is 5.71. The van der Waals surface area contributed by atoms with Crippen molar-refractivity contribution in [2.45, 2.75) is 25.9 Å². The van der Waals surface area contributed by atoms with Crippen molar-refractivity contribution in [3.63, 3.8) is 0 Å². The summed E-state index contributed by atoms with van der Waals surface area (Å²) in [5, 5.41) is 3.70. The molecule has 0 fully saturated rings. The van der Waals surface area contributed by atoms with Gasteiger partial charge in [-0.15, -0.1) is 0 Å². The minimum Gasteiger partial charge on any atom is -0.362 e. The third kappa shape index (κ3) is 4.54. The molecule has 1 aliphatic rings. The summed E-state index contributed by atoms with van der Waals surface area (Å²) in [7, 11) is 4.19. The Morgan fingerprint density at radius 2 is 1.90 bits per heavy atom.